The number of benzene rings is 1. The Bertz CT molecular complexity index is 767. The Morgan fingerprint density at radius 2 is 2.17 bits per heavy atom. The van der Waals surface area contributed by atoms with Gasteiger partial charge in [-0.25, -0.2) is 4.68 Å². The summed E-state index contributed by atoms with van der Waals surface area (Å²) in [5.41, 5.74) is 2.43. The van der Waals surface area contributed by atoms with Gasteiger partial charge >= 0.3 is 0 Å². The first-order chi connectivity index (χ1) is 11.6. The lowest BCUT2D eigenvalue weighted by atomic mass is 9.97. The molecule has 1 heterocycles. The molecule has 3 rings (SSSR count). The Hall–Kier alpha value is -2.63. The molecule has 1 atom stereocenters. The minimum atomic E-state index is -0.537. The molecule has 2 aromatic rings. The van der Waals surface area contributed by atoms with Gasteiger partial charge in [-0.3, -0.25) is 9.59 Å². The molecule has 0 radical (unpaired) electrons. The summed E-state index contributed by atoms with van der Waals surface area (Å²) in [4.78, 5) is 24.6. The van der Waals surface area contributed by atoms with Crippen molar-refractivity contribution in [2.45, 2.75) is 38.8 Å². The first kappa shape index (κ1) is 16.2. The number of nitrogens with zero attached hydrogens (tertiary/aromatic N) is 2. The molecule has 1 aromatic heterocycles. The van der Waals surface area contributed by atoms with Crippen molar-refractivity contribution in [3.05, 3.63) is 47.3 Å². The van der Waals surface area contributed by atoms with Gasteiger partial charge in [-0.15, -0.1) is 0 Å². The van der Waals surface area contributed by atoms with Crippen molar-refractivity contribution in [3.63, 3.8) is 0 Å². The lowest BCUT2D eigenvalue weighted by Gasteiger charge is -2.18. The molecule has 24 heavy (non-hydrogen) atoms. The third-order valence-corrected chi connectivity index (χ3v) is 4.38. The number of methoxy groups -OCH3 is 1. The van der Waals surface area contributed by atoms with Crippen LogP contribution in [0.5, 0.6) is 5.75 Å². The third-order valence-electron chi connectivity index (χ3n) is 4.38. The molecule has 0 spiro atoms. The highest BCUT2D eigenvalue weighted by Gasteiger charge is 2.27. The van der Waals surface area contributed by atoms with Crippen LogP contribution in [0.25, 0.3) is 0 Å². The van der Waals surface area contributed by atoms with E-state index in [1.165, 1.54) is 0 Å². The van der Waals surface area contributed by atoms with Gasteiger partial charge in [0.2, 0.25) is 5.91 Å². The van der Waals surface area contributed by atoms with Crippen molar-refractivity contribution in [1.29, 1.82) is 0 Å². The third kappa shape index (κ3) is 3.04. The zero-order chi connectivity index (χ0) is 17.1. The number of nitrogens with one attached hydrogen (secondary N) is 1. The van der Waals surface area contributed by atoms with Gasteiger partial charge in [0.1, 0.15) is 17.5 Å². The number of hydrogen-bond acceptors (Lipinski definition) is 4. The van der Waals surface area contributed by atoms with E-state index in [1.807, 2.05) is 24.3 Å². The predicted molar refractivity (Wildman–Crippen MR) is 89.0 cm³/mol. The Labute approximate surface area is 140 Å². The summed E-state index contributed by atoms with van der Waals surface area (Å²) >= 11 is 0. The first-order valence-electron chi connectivity index (χ1n) is 8.11. The van der Waals surface area contributed by atoms with Crippen molar-refractivity contribution < 1.29 is 14.3 Å². The molecule has 1 N–H and O–H groups in total. The smallest absolute Gasteiger partial charge is 0.244 e. The highest BCUT2D eigenvalue weighted by Crippen LogP contribution is 2.23. The number of para-hydroxylation sites is 1. The quantitative estimate of drug-likeness (QED) is 0.914. The fraction of sp³-hybridized carbons (Fsp3) is 0.389. The maximum atomic E-state index is 12.5. The molecule has 0 fully saturated rings. The lowest BCUT2D eigenvalue weighted by Crippen LogP contribution is -2.33. The van der Waals surface area contributed by atoms with E-state index >= 15 is 0 Å². The topological polar surface area (TPSA) is 73.2 Å². The zero-order valence-corrected chi connectivity index (χ0v) is 13.9. The van der Waals surface area contributed by atoms with Gasteiger partial charge in [0.25, 0.3) is 0 Å². The number of amides is 1. The number of carbonyl (C=O) groups excluding carboxylic acids is 2. The second-order valence-corrected chi connectivity index (χ2v) is 5.95. The number of carbonyl (C=O) groups is 2. The second-order valence-electron chi connectivity index (χ2n) is 5.95. The summed E-state index contributed by atoms with van der Waals surface area (Å²) in [5, 5.41) is 7.16. The summed E-state index contributed by atoms with van der Waals surface area (Å²) in [5.74, 6) is 0.625. The number of fused-ring (bicyclic) bond motifs is 1. The van der Waals surface area contributed by atoms with Gasteiger partial charge in [-0.1, -0.05) is 18.2 Å². The van der Waals surface area contributed by atoms with E-state index in [0.717, 1.165) is 29.7 Å². The highest BCUT2D eigenvalue weighted by atomic mass is 16.5. The lowest BCUT2D eigenvalue weighted by molar-refractivity contribution is -0.124. The Balaban J connectivity index is 1.72. The maximum Gasteiger partial charge on any atom is 0.244 e. The molecule has 1 aliphatic rings. The summed E-state index contributed by atoms with van der Waals surface area (Å²) in [6.07, 6.45) is 3.92. The number of hydrogen-bond donors (Lipinski definition) is 1. The Morgan fingerprint density at radius 1 is 1.38 bits per heavy atom. The van der Waals surface area contributed by atoms with E-state index in [-0.39, 0.29) is 11.7 Å². The van der Waals surface area contributed by atoms with Crippen LogP contribution in [-0.4, -0.2) is 28.6 Å². The molecule has 126 valence electrons. The molecular formula is C18H21N3O3. The van der Waals surface area contributed by atoms with Gasteiger partial charge in [0.15, 0.2) is 5.78 Å². The van der Waals surface area contributed by atoms with Gasteiger partial charge in [0, 0.05) is 24.1 Å². The summed E-state index contributed by atoms with van der Waals surface area (Å²) in [6.45, 7) is 2.12. The van der Waals surface area contributed by atoms with Crippen molar-refractivity contribution in [2.24, 2.45) is 0 Å². The molecule has 0 bridgehead atoms. The summed E-state index contributed by atoms with van der Waals surface area (Å²) in [6, 6.07) is 7.01. The van der Waals surface area contributed by atoms with Crippen molar-refractivity contribution in [3.8, 4) is 5.75 Å². The maximum absolute atomic E-state index is 12.5. The molecule has 1 amide bonds. The summed E-state index contributed by atoms with van der Waals surface area (Å²) in [7, 11) is 1.60. The van der Waals surface area contributed by atoms with Crippen LogP contribution in [0, 0.1) is 0 Å². The van der Waals surface area contributed by atoms with E-state index in [1.54, 1.807) is 24.9 Å². The number of aromatic nitrogens is 2. The van der Waals surface area contributed by atoms with Crippen LogP contribution in [0.3, 0.4) is 0 Å². The zero-order valence-electron chi connectivity index (χ0n) is 13.9. The molecule has 0 saturated carbocycles. The molecule has 0 saturated heterocycles. The van der Waals surface area contributed by atoms with E-state index in [4.69, 9.17) is 4.74 Å². The van der Waals surface area contributed by atoms with E-state index in [9.17, 15) is 9.59 Å². The molecule has 6 nitrogen and oxygen atoms in total. The molecule has 0 unspecified atom stereocenters. The average molecular weight is 327 g/mol. The van der Waals surface area contributed by atoms with E-state index in [0.29, 0.717) is 18.7 Å². The number of aryl methyl sites for hydroxylation is 1. The standard InChI is InChI=1S/C18H21N3O3/c1-12(21-17-14(11-20-21)7-5-8-15(17)22)18(23)19-10-13-6-3-4-9-16(13)24-2/h3-4,6,9,11-12H,5,7-8,10H2,1-2H3,(H,19,23)/t12-/m1/s1. The number of Topliss-reactive ketones (excluding diaryl/α,β-unsaturated/α-hetero) is 1. The van der Waals surface area contributed by atoms with Crippen LogP contribution in [0.2, 0.25) is 0 Å². The monoisotopic (exact) mass is 327 g/mol. The molecule has 1 aromatic carbocycles. The molecular weight excluding hydrogens is 306 g/mol. The van der Waals surface area contributed by atoms with Crippen LogP contribution < -0.4 is 10.1 Å². The second kappa shape index (κ2) is 6.86. The van der Waals surface area contributed by atoms with Gasteiger partial charge in [-0.05, 0) is 25.8 Å². The number of ether oxygens (including phenoxy) is 1. The minimum absolute atomic E-state index is 0.0677. The number of rotatable bonds is 5. The van der Waals surface area contributed by atoms with E-state index < -0.39 is 6.04 Å². The fourth-order valence-corrected chi connectivity index (χ4v) is 3.03. The van der Waals surface area contributed by atoms with Crippen LogP contribution >= 0.6 is 0 Å². The van der Waals surface area contributed by atoms with Crippen LogP contribution in [0.15, 0.2) is 30.5 Å². The Kier molecular flexibility index (Phi) is 4.64. The van der Waals surface area contributed by atoms with Gasteiger partial charge < -0.3 is 10.1 Å². The predicted octanol–water partition coefficient (Wildman–Crippen LogP) is 2.29. The normalized spacial score (nSPS) is 14.8. The highest BCUT2D eigenvalue weighted by molar-refractivity contribution is 5.97. The largest absolute Gasteiger partial charge is 0.496 e. The summed E-state index contributed by atoms with van der Waals surface area (Å²) < 4.78 is 6.84. The van der Waals surface area contributed by atoms with Gasteiger partial charge in [-0.2, -0.15) is 5.10 Å². The Morgan fingerprint density at radius 3 is 2.96 bits per heavy atom. The number of ketones is 1. The van der Waals surface area contributed by atoms with E-state index in [2.05, 4.69) is 10.4 Å². The SMILES string of the molecule is COc1ccccc1CNC(=O)[C@@H](C)n1ncc2c1C(=O)CCC2. The van der Waals surface area contributed by atoms with Crippen molar-refractivity contribution in [1.82, 2.24) is 15.1 Å². The minimum Gasteiger partial charge on any atom is -0.496 e. The first-order valence-corrected chi connectivity index (χ1v) is 8.11. The van der Waals surface area contributed by atoms with Crippen LogP contribution in [0.1, 0.15) is 47.4 Å². The average Bonchev–Trinajstić information content (AvgIpc) is 3.04. The van der Waals surface area contributed by atoms with Crippen LogP contribution in [0.4, 0.5) is 0 Å². The molecule has 6 heteroatoms. The van der Waals surface area contributed by atoms with Crippen molar-refractivity contribution in [2.75, 3.05) is 7.11 Å². The molecule has 1 aliphatic carbocycles. The van der Waals surface area contributed by atoms with Crippen LogP contribution in [-0.2, 0) is 17.8 Å². The van der Waals surface area contributed by atoms with Gasteiger partial charge in [0.05, 0.1) is 13.3 Å². The van der Waals surface area contributed by atoms with Crippen molar-refractivity contribution >= 4 is 11.7 Å². The molecule has 0 aliphatic heterocycles. The fourth-order valence-electron chi connectivity index (χ4n) is 3.03.